The second-order valence-corrected chi connectivity index (χ2v) is 6.28. The number of anilines is 3. The molecule has 0 bridgehead atoms. The third-order valence-corrected chi connectivity index (χ3v) is 3.47. The third kappa shape index (κ3) is 3.67. The van der Waals surface area contributed by atoms with Crippen molar-refractivity contribution < 1.29 is 0 Å². The van der Waals surface area contributed by atoms with Gasteiger partial charge in [-0.3, -0.25) is 0 Å². The van der Waals surface area contributed by atoms with Gasteiger partial charge in [0.25, 0.3) is 0 Å². The Hall–Kier alpha value is -1.14. The summed E-state index contributed by atoms with van der Waals surface area (Å²) in [5.41, 5.74) is 0. The van der Waals surface area contributed by atoms with Gasteiger partial charge >= 0.3 is 0 Å². The number of nitrogens with zero attached hydrogens (tertiary/aromatic N) is 2. The molecular formula is C11H13BrN4S. The average Bonchev–Trinajstić information content (AvgIpc) is 2.63. The Labute approximate surface area is 113 Å². The van der Waals surface area contributed by atoms with Crippen LogP contribution >= 0.6 is 27.3 Å². The molecule has 2 rings (SSSR count). The number of hydrogen-bond acceptors (Lipinski definition) is 5. The van der Waals surface area contributed by atoms with Gasteiger partial charge in [-0.15, -0.1) is 11.3 Å². The molecule has 6 heteroatoms. The third-order valence-electron chi connectivity index (χ3n) is 1.93. The molecule has 17 heavy (non-hydrogen) atoms. The molecule has 0 amide bonds. The highest BCUT2D eigenvalue weighted by Gasteiger charge is 2.02. The number of hydrogen-bond donors (Lipinski definition) is 2. The van der Waals surface area contributed by atoms with Crippen molar-refractivity contribution in [3.63, 3.8) is 0 Å². The van der Waals surface area contributed by atoms with E-state index >= 15 is 0 Å². The maximum Gasteiger partial charge on any atom is 0.136 e. The number of aromatic nitrogens is 2. The van der Waals surface area contributed by atoms with Gasteiger partial charge in [0.05, 0.1) is 8.79 Å². The lowest BCUT2D eigenvalue weighted by Crippen LogP contribution is -2.11. The second-order valence-electron chi connectivity index (χ2n) is 3.82. The highest BCUT2D eigenvalue weighted by Crippen LogP contribution is 2.28. The molecule has 2 aromatic rings. The van der Waals surface area contributed by atoms with Crippen LogP contribution in [0.4, 0.5) is 16.6 Å². The molecule has 2 N–H and O–H groups in total. The Balaban J connectivity index is 2.10. The molecule has 0 atom stereocenters. The van der Waals surface area contributed by atoms with Crippen molar-refractivity contribution in [1.82, 2.24) is 9.97 Å². The quantitative estimate of drug-likeness (QED) is 0.900. The van der Waals surface area contributed by atoms with Gasteiger partial charge < -0.3 is 10.6 Å². The van der Waals surface area contributed by atoms with Crippen LogP contribution in [0.5, 0.6) is 0 Å². The smallest absolute Gasteiger partial charge is 0.136 e. The fourth-order valence-corrected chi connectivity index (χ4v) is 2.60. The second kappa shape index (κ2) is 5.46. The van der Waals surface area contributed by atoms with Crippen LogP contribution in [0.15, 0.2) is 28.3 Å². The summed E-state index contributed by atoms with van der Waals surface area (Å²) in [6.45, 7) is 4.15. The lowest BCUT2D eigenvalue weighted by Gasteiger charge is -2.09. The predicted molar refractivity (Wildman–Crippen MR) is 76.1 cm³/mol. The molecule has 0 aliphatic rings. The SMILES string of the molecule is CC(C)Nc1cc(Nc2ccc(Br)s2)ncn1. The maximum atomic E-state index is 4.18. The molecule has 2 heterocycles. The zero-order chi connectivity index (χ0) is 12.3. The van der Waals surface area contributed by atoms with E-state index in [9.17, 15) is 0 Å². The summed E-state index contributed by atoms with van der Waals surface area (Å²) in [5.74, 6) is 1.62. The van der Waals surface area contributed by atoms with Crippen molar-refractivity contribution in [2.24, 2.45) is 0 Å². The Morgan fingerprint density at radius 2 is 2.00 bits per heavy atom. The van der Waals surface area contributed by atoms with E-state index in [-0.39, 0.29) is 0 Å². The minimum atomic E-state index is 0.355. The molecule has 0 saturated carbocycles. The Morgan fingerprint density at radius 3 is 2.65 bits per heavy atom. The van der Waals surface area contributed by atoms with E-state index in [1.165, 1.54) is 0 Å². The van der Waals surface area contributed by atoms with E-state index in [1.807, 2.05) is 18.2 Å². The molecule has 0 aliphatic heterocycles. The molecule has 0 radical (unpaired) electrons. The van der Waals surface area contributed by atoms with Gasteiger partial charge in [-0.25, -0.2) is 9.97 Å². The monoisotopic (exact) mass is 312 g/mol. The molecule has 90 valence electrons. The first-order chi connectivity index (χ1) is 8.13. The number of halogens is 1. The fourth-order valence-electron chi connectivity index (χ4n) is 1.31. The van der Waals surface area contributed by atoms with E-state index in [0.717, 1.165) is 20.4 Å². The summed E-state index contributed by atoms with van der Waals surface area (Å²) in [6.07, 6.45) is 1.55. The van der Waals surface area contributed by atoms with Crippen molar-refractivity contribution in [2.75, 3.05) is 10.6 Å². The normalized spacial score (nSPS) is 10.6. The van der Waals surface area contributed by atoms with Crippen molar-refractivity contribution in [2.45, 2.75) is 19.9 Å². The Morgan fingerprint density at radius 1 is 1.24 bits per heavy atom. The van der Waals surface area contributed by atoms with Crippen molar-refractivity contribution in [3.05, 3.63) is 28.3 Å². The number of thiophene rings is 1. The predicted octanol–water partition coefficient (Wildman–Crippen LogP) is 3.86. The first kappa shape index (κ1) is 12.3. The lowest BCUT2D eigenvalue weighted by molar-refractivity contribution is 0.886. The standard InChI is InChI=1S/C11H13BrN4S/c1-7(2)15-9-5-10(14-6-13-9)16-11-4-3-8(12)17-11/h3-7H,1-2H3,(H2,13,14,15,16). The van der Waals surface area contributed by atoms with E-state index < -0.39 is 0 Å². The minimum absolute atomic E-state index is 0.355. The first-order valence-corrected chi connectivity index (χ1v) is 6.85. The van der Waals surface area contributed by atoms with Gasteiger partial charge in [0.1, 0.15) is 18.0 Å². The molecule has 0 saturated heterocycles. The topological polar surface area (TPSA) is 49.8 Å². The first-order valence-electron chi connectivity index (χ1n) is 5.24. The summed E-state index contributed by atoms with van der Waals surface area (Å²) < 4.78 is 1.09. The lowest BCUT2D eigenvalue weighted by atomic mass is 10.4. The van der Waals surface area contributed by atoms with E-state index in [0.29, 0.717) is 6.04 Å². The summed E-state index contributed by atoms with van der Waals surface area (Å²) in [5, 5.41) is 7.52. The molecule has 0 aliphatic carbocycles. The molecule has 0 spiro atoms. The van der Waals surface area contributed by atoms with E-state index in [4.69, 9.17) is 0 Å². The Kier molecular flexibility index (Phi) is 3.96. The van der Waals surface area contributed by atoms with Crippen molar-refractivity contribution >= 4 is 43.9 Å². The van der Waals surface area contributed by atoms with Crippen LogP contribution in [-0.2, 0) is 0 Å². The van der Waals surface area contributed by atoms with Crippen molar-refractivity contribution in [3.8, 4) is 0 Å². The van der Waals surface area contributed by atoms with Gasteiger partial charge in [0.2, 0.25) is 0 Å². The van der Waals surface area contributed by atoms with Crippen LogP contribution in [0.3, 0.4) is 0 Å². The van der Waals surface area contributed by atoms with E-state index in [2.05, 4.69) is 50.4 Å². The molecule has 2 aromatic heterocycles. The van der Waals surface area contributed by atoms with Crippen LogP contribution in [0.25, 0.3) is 0 Å². The van der Waals surface area contributed by atoms with Crippen LogP contribution in [0.2, 0.25) is 0 Å². The molecular weight excluding hydrogens is 300 g/mol. The van der Waals surface area contributed by atoms with Gasteiger partial charge in [0.15, 0.2) is 0 Å². The summed E-state index contributed by atoms with van der Waals surface area (Å²) in [6, 6.07) is 6.26. The van der Waals surface area contributed by atoms with Crippen LogP contribution in [0, 0.1) is 0 Å². The largest absolute Gasteiger partial charge is 0.368 e. The number of nitrogens with one attached hydrogen (secondary N) is 2. The highest BCUT2D eigenvalue weighted by atomic mass is 79.9. The zero-order valence-corrected chi connectivity index (χ0v) is 12.0. The molecule has 0 aromatic carbocycles. The summed E-state index contributed by atoms with van der Waals surface area (Å²) in [4.78, 5) is 8.34. The maximum absolute atomic E-state index is 4.18. The van der Waals surface area contributed by atoms with E-state index in [1.54, 1.807) is 17.7 Å². The highest BCUT2D eigenvalue weighted by molar-refractivity contribution is 9.11. The summed E-state index contributed by atoms with van der Waals surface area (Å²) >= 11 is 5.05. The average molecular weight is 313 g/mol. The van der Waals surface area contributed by atoms with Gasteiger partial charge in [-0.05, 0) is 41.9 Å². The summed E-state index contributed by atoms with van der Waals surface area (Å²) in [7, 11) is 0. The van der Waals surface area contributed by atoms with Crippen molar-refractivity contribution in [1.29, 1.82) is 0 Å². The Bertz CT molecular complexity index is 498. The molecule has 4 nitrogen and oxygen atoms in total. The van der Waals surface area contributed by atoms with Crippen LogP contribution < -0.4 is 10.6 Å². The minimum Gasteiger partial charge on any atom is -0.368 e. The fraction of sp³-hybridized carbons (Fsp3) is 0.273. The van der Waals surface area contributed by atoms with Crippen LogP contribution in [-0.4, -0.2) is 16.0 Å². The number of rotatable bonds is 4. The molecule has 0 unspecified atom stereocenters. The van der Waals surface area contributed by atoms with Crippen LogP contribution in [0.1, 0.15) is 13.8 Å². The molecule has 0 fully saturated rings. The van der Waals surface area contributed by atoms with Gasteiger partial charge in [-0.2, -0.15) is 0 Å². The zero-order valence-electron chi connectivity index (χ0n) is 9.57. The van der Waals surface area contributed by atoms with Gasteiger partial charge in [0, 0.05) is 12.1 Å². The van der Waals surface area contributed by atoms with Gasteiger partial charge in [-0.1, -0.05) is 0 Å².